The van der Waals surface area contributed by atoms with Gasteiger partial charge < -0.3 is 0 Å². The highest BCUT2D eigenvalue weighted by molar-refractivity contribution is 7.99. The lowest BCUT2D eigenvalue weighted by atomic mass is 10.3. The molecular formula is C11H13N5O4S2. The van der Waals surface area contributed by atoms with E-state index in [1.54, 1.807) is 0 Å². The third-order valence-electron chi connectivity index (χ3n) is 2.39. The van der Waals surface area contributed by atoms with Crippen molar-refractivity contribution in [2.24, 2.45) is 0 Å². The van der Waals surface area contributed by atoms with Crippen molar-refractivity contribution in [3.8, 4) is 0 Å². The van der Waals surface area contributed by atoms with E-state index in [0.717, 1.165) is 24.3 Å². The highest BCUT2D eigenvalue weighted by Gasteiger charge is 2.18. The number of rotatable bonds is 6. The van der Waals surface area contributed by atoms with Crippen LogP contribution in [0.15, 0.2) is 34.3 Å². The number of aromatic amines is 1. The van der Waals surface area contributed by atoms with Gasteiger partial charge >= 0.3 is 0 Å². The molecule has 0 radical (unpaired) electrons. The summed E-state index contributed by atoms with van der Waals surface area (Å²) < 4.78 is 26.5. The molecule has 9 nitrogen and oxygen atoms in total. The first-order valence-corrected chi connectivity index (χ1v) is 8.50. The SMILES string of the molecule is CC(C)Sc1n[nH]c(NS(=O)(=O)c2ccc([N+](=O)[O-])cc2)n1. The highest BCUT2D eigenvalue weighted by atomic mass is 32.2. The number of sulfonamides is 1. The maximum absolute atomic E-state index is 12.1. The van der Waals surface area contributed by atoms with Gasteiger partial charge in [-0.3, -0.25) is 10.1 Å². The van der Waals surface area contributed by atoms with Crippen LogP contribution < -0.4 is 4.72 Å². The van der Waals surface area contributed by atoms with Crippen LogP contribution in [0.25, 0.3) is 0 Å². The summed E-state index contributed by atoms with van der Waals surface area (Å²) in [6, 6.07) is 4.55. The van der Waals surface area contributed by atoms with Gasteiger partial charge in [-0.05, 0) is 12.1 Å². The van der Waals surface area contributed by atoms with Gasteiger partial charge in [0.25, 0.3) is 15.7 Å². The van der Waals surface area contributed by atoms with Crippen LogP contribution >= 0.6 is 11.8 Å². The Morgan fingerprint density at radius 1 is 1.32 bits per heavy atom. The fraction of sp³-hybridized carbons (Fsp3) is 0.273. The highest BCUT2D eigenvalue weighted by Crippen LogP contribution is 2.21. The van der Waals surface area contributed by atoms with Crippen LogP contribution in [0.4, 0.5) is 11.6 Å². The number of H-pyrrole nitrogens is 1. The molecule has 0 unspecified atom stereocenters. The van der Waals surface area contributed by atoms with E-state index in [1.165, 1.54) is 11.8 Å². The summed E-state index contributed by atoms with van der Waals surface area (Å²) in [5.74, 6) is -0.0125. The Labute approximate surface area is 130 Å². The number of hydrogen-bond donors (Lipinski definition) is 2. The van der Waals surface area contributed by atoms with Crippen molar-refractivity contribution in [2.45, 2.75) is 29.1 Å². The van der Waals surface area contributed by atoms with E-state index < -0.39 is 14.9 Å². The maximum Gasteiger partial charge on any atom is 0.269 e. The zero-order chi connectivity index (χ0) is 16.3. The Bertz CT molecular complexity index is 770. The molecule has 2 rings (SSSR count). The Morgan fingerprint density at radius 2 is 1.95 bits per heavy atom. The van der Waals surface area contributed by atoms with Gasteiger partial charge in [0.1, 0.15) is 0 Å². The minimum atomic E-state index is -3.89. The van der Waals surface area contributed by atoms with Crippen LogP contribution in [-0.4, -0.2) is 33.8 Å². The van der Waals surface area contributed by atoms with Crippen LogP contribution in [0, 0.1) is 10.1 Å². The van der Waals surface area contributed by atoms with Crippen LogP contribution in [-0.2, 0) is 10.0 Å². The standard InChI is InChI=1S/C11H13N5O4S2/c1-7(2)21-11-12-10(13-14-11)15-22(19,20)9-5-3-8(4-6-9)16(17)18/h3-7H,1-2H3,(H2,12,13,14,15). The molecule has 0 bridgehead atoms. The third kappa shape index (κ3) is 3.95. The fourth-order valence-electron chi connectivity index (χ4n) is 1.49. The van der Waals surface area contributed by atoms with Crippen molar-refractivity contribution in [3.63, 3.8) is 0 Å². The Balaban J connectivity index is 2.16. The molecule has 11 heteroatoms. The molecule has 0 saturated heterocycles. The molecule has 0 atom stereocenters. The van der Waals surface area contributed by atoms with Crippen molar-refractivity contribution in [3.05, 3.63) is 34.4 Å². The fourth-order valence-corrected chi connectivity index (χ4v) is 3.11. The topological polar surface area (TPSA) is 131 Å². The molecule has 1 aromatic heterocycles. The summed E-state index contributed by atoms with van der Waals surface area (Å²) in [6.45, 7) is 3.92. The molecule has 0 spiro atoms. The molecule has 1 heterocycles. The molecule has 118 valence electrons. The average Bonchev–Trinajstić information content (AvgIpc) is 2.84. The van der Waals surface area contributed by atoms with Gasteiger partial charge in [0, 0.05) is 17.4 Å². The normalized spacial score (nSPS) is 11.6. The van der Waals surface area contributed by atoms with Gasteiger partial charge in [0.15, 0.2) is 0 Å². The number of anilines is 1. The second kappa shape index (κ2) is 6.32. The van der Waals surface area contributed by atoms with Gasteiger partial charge in [0.2, 0.25) is 11.1 Å². The molecule has 0 saturated carbocycles. The molecule has 22 heavy (non-hydrogen) atoms. The number of nitrogens with zero attached hydrogens (tertiary/aromatic N) is 3. The molecule has 0 aliphatic carbocycles. The molecule has 0 aliphatic rings. The lowest BCUT2D eigenvalue weighted by Crippen LogP contribution is -2.14. The Hall–Kier alpha value is -2.14. The Morgan fingerprint density at radius 3 is 2.50 bits per heavy atom. The van der Waals surface area contributed by atoms with E-state index in [-0.39, 0.29) is 21.8 Å². The quantitative estimate of drug-likeness (QED) is 0.466. The lowest BCUT2D eigenvalue weighted by molar-refractivity contribution is -0.384. The third-order valence-corrected chi connectivity index (χ3v) is 4.61. The summed E-state index contributed by atoms with van der Waals surface area (Å²) in [4.78, 5) is 13.9. The van der Waals surface area contributed by atoms with Gasteiger partial charge in [-0.1, -0.05) is 25.6 Å². The molecule has 1 aromatic carbocycles. The molecule has 0 aliphatic heterocycles. The number of benzene rings is 1. The van der Waals surface area contributed by atoms with E-state index >= 15 is 0 Å². The Kier molecular flexibility index (Phi) is 4.66. The van der Waals surface area contributed by atoms with E-state index in [9.17, 15) is 18.5 Å². The molecule has 2 N–H and O–H groups in total. The number of thioether (sulfide) groups is 1. The van der Waals surface area contributed by atoms with Gasteiger partial charge in [-0.2, -0.15) is 4.98 Å². The molecular weight excluding hydrogens is 330 g/mol. The summed E-state index contributed by atoms with van der Waals surface area (Å²) >= 11 is 1.38. The van der Waals surface area contributed by atoms with E-state index in [2.05, 4.69) is 19.9 Å². The first-order valence-electron chi connectivity index (χ1n) is 6.14. The summed E-state index contributed by atoms with van der Waals surface area (Å²) in [7, 11) is -3.89. The smallest absolute Gasteiger partial charge is 0.258 e. The first kappa shape index (κ1) is 16.2. The van der Waals surface area contributed by atoms with Gasteiger partial charge in [0.05, 0.1) is 9.82 Å². The van der Waals surface area contributed by atoms with Crippen LogP contribution in [0.3, 0.4) is 0 Å². The molecule has 0 amide bonds. The first-order chi connectivity index (χ1) is 10.3. The predicted octanol–water partition coefficient (Wildman–Crippen LogP) is 2.01. The number of non-ortho nitro benzene ring substituents is 1. The molecule has 0 fully saturated rings. The minimum absolute atomic E-state index is 0.0125. The predicted molar refractivity (Wildman–Crippen MR) is 81.3 cm³/mol. The minimum Gasteiger partial charge on any atom is -0.258 e. The monoisotopic (exact) mass is 343 g/mol. The zero-order valence-electron chi connectivity index (χ0n) is 11.7. The number of nitro groups is 1. The summed E-state index contributed by atoms with van der Waals surface area (Å²) in [5, 5.41) is 17.6. The number of nitro benzene ring substituents is 1. The number of aromatic nitrogens is 3. The van der Waals surface area contributed by atoms with Gasteiger partial charge in [-0.15, -0.1) is 5.10 Å². The number of hydrogen-bond acceptors (Lipinski definition) is 7. The summed E-state index contributed by atoms with van der Waals surface area (Å²) in [5.41, 5.74) is -0.186. The van der Waals surface area contributed by atoms with Crippen LogP contribution in [0.1, 0.15) is 13.8 Å². The molecule has 2 aromatic rings. The van der Waals surface area contributed by atoms with E-state index in [1.807, 2.05) is 13.8 Å². The largest absolute Gasteiger partial charge is 0.269 e. The van der Waals surface area contributed by atoms with Crippen molar-refractivity contribution in [2.75, 3.05) is 4.72 Å². The zero-order valence-corrected chi connectivity index (χ0v) is 13.3. The maximum atomic E-state index is 12.1. The number of nitrogens with one attached hydrogen (secondary N) is 2. The summed E-state index contributed by atoms with van der Waals surface area (Å²) in [6.07, 6.45) is 0. The van der Waals surface area contributed by atoms with E-state index in [0.29, 0.717) is 5.16 Å². The van der Waals surface area contributed by atoms with Crippen molar-refractivity contribution < 1.29 is 13.3 Å². The van der Waals surface area contributed by atoms with Crippen molar-refractivity contribution >= 4 is 33.4 Å². The average molecular weight is 343 g/mol. The van der Waals surface area contributed by atoms with Crippen LogP contribution in [0.2, 0.25) is 0 Å². The van der Waals surface area contributed by atoms with Crippen LogP contribution in [0.5, 0.6) is 0 Å². The second-order valence-corrected chi connectivity index (χ2v) is 7.72. The lowest BCUT2D eigenvalue weighted by Gasteiger charge is -2.04. The van der Waals surface area contributed by atoms with E-state index in [4.69, 9.17) is 0 Å². The van der Waals surface area contributed by atoms with Crippen molar-refractivity contribution in [1.82, 2.24) is 15.2 Å². The van der Waals surface area contributed by atoms with Gasteiger partial charge in [-0.25, -0.2) is 18.2 Å². The van der Waals surface area contributed by atoms with Crippen molar-refractivity contribution in [1.29, 1.82) is 0 Å². The second-order valence-electron chi connectivity index (χ2n) is 4.49.